The van der Waals surface area contributed by atoms with Gasteiger partial charge in [-0.05, 0) is 12.1 Å². The normalized spacial score (nSPS) is 12.3. The smallest absolute Gasteiger partial charge is 0.351 e. The van der Waals surface area contributed by atoms with Gasteiger partial charge in [0.1, 0.15) is 12.4 Å². The van der Waals surface area contributed by atoms with E-state index >= 15 is 0 Å². The van der Waals surface area contributed by atoms with Gasteiger partial charge in [0.2, 0.25) is 0 Å². The summed E-state index contributed by atoms with van der Waals surface area (Å²) in [5.41, 5.74) is 5.31. The number of nitrogens with two attached hydrogens (primary N) is 1. The summed E-state index contributed by atoms with van der Waals surface area (Å²) in [4.78, 5) is 12.9. The Kier molecular flexibility index (Phi) is 5.49. The second-order valence-corrected chi connectivity index (χ2v) is 7.44. The predicted molar refractivity (Wildman–Crippen MR) is 95.2 cm³/mol. The van der Waals surface area contributed by atoms with Gasteiger partial charge in [0.05, 0.1) is 21.4 Å². The van der Waals surface area contributed by atoms with Gasteiger partial charge < -0.3 is 5.73 Å². The number of primary amides is 1. The van der Waals surface area contributed by atoms with Gasteiger partial charge in [-0.15, -0.1) is 0 Å². The van der Waals surface area contributed by atoms with Gasteiger partial charge in [0, 0.05) is 11.5 Å². The summed E-state index contributed by atoms with van der Waals surface area (Å²) in [6, 6.07) is 4.79. The maximum Gasteiger partial charge on any atom is 0.408 e. The minimum atomic E-state index is -4.54. The number of aromatic nitrogens is 2. The minimum Gasteiger partial charge on any atom is -0.351 e. The molecule has 1 aromatic heterocycles. The molecule has 2 aromatic rings. The average Bonchev–Trinajstić information content (AvgIpc) is 2.85. The second kappa shape index (κ2) is 7.00. The number of hydrogen-bond donors (Lipinski definition) is 1. The molecule has 0 atom stereocenters. The highest BCUT2D eigenvalue weighted by Crippen LogP contribution is 2.38. The van der Waals surface area contributed by atoms with Crippen LogP contribution in [0, 0.1) is 0 Å². The zero-order valence-electron chi connectivity index (χ0n) is 14.2. The lowest BCUT2D eigenvalue weighted by Gasteiger charge is -2.23. The number of halogens is 5. The van der Waals surface area contributed by atoms with Crippen LogP contribution in [-0.2, 0) is 12.0 Å². The number of amides is 2. The molecule has 0 saturated heterocycles. The van der Waals surface area contributed by atoms with Crippen LogP contribution in [0.5, 0.6) is 0 Å². The lowest BCUT2D eigenvalue weighted by molar-refractivity contribution is -0.142. The molecular formula is C16H17Cl2F3N4O. The lowest BCUT2D eigenvalue weighted by Crippen LogP contribution is -2.34. The monoisotopic (exact) mass is 408 g/mol. The summed E-state index contributed by atoms with van der Waals surface area (Å²) in [6.07, 6.45) is -4.54. The largest absolute Gasteiger partial charge is 0.408 e. The number of nitrogens with zero attached hydrogens (tertiary/aromatic N) is 3. The number of carbonyl (C=O) groups excluding carboxylic acids is 1. The average molecular weight is 409 g/mol. The number of hydrogen-bond acceptors (Lipinski definition) is 2. The Hall–Kier alpha value is -1.93. The highest BCUT2D eigenvalue weighted by atomic mass is 35.5. The zero-order valence-corrected chi connectivity index (χ0v) is 15.7. The van der Waals surface area contributed by atoms with Crippen molar-refractivity contribution in [1.82, 2.24) is 9.78 Å². The van der Waals surface area contributed by atoms with Crippen LogP contribution in [0.2, 0.25) is 10.0 Å². The summed E-state index contributed by atoms with van der Waals surface area (Å²) in [7, 11) is 0. The molecule has 5 nitrogen and oxygen atoms in total. The third-order valence-corrected chi connectivity index (χ3v) is 4.29. The number of alkyl halides is 3. The molecule has 2 amide bonds. The lowest BCUT2D eigenvalue weighted by atomic mass is 9.92. The van der Waals surface area contributed by atoms with Gasteiger partial charge in [-0.3, -0.25) is 0 Å². The minimum absolute atomic E-state index is 0.00923. The van der Waals surface area contributed by atoms with Crippen molar-refractivity contribution in [2.75, 3.05) is 4.90 Å². The molecule has 0 radical (unpaired) electrons. The Balaban J connectivity index is 2.70. The quantitative estimate of drug-likeness (QED) is 0.751. The van der Waals surface area contributed by atoms with Crippen LogP contribution in [0.1, 0.15) is 26.5 Å². The molecule has 0 aliphatic rings. The van der Waals surface area contributed by atoms with Crippen molar-refractivity contribution in [3.8, 4) is 0 Å². The second-order valence-electron chi connectivity index (χ2n) is 6.66. The maximum atomic E-state index is 13.0. The molecule has 26 heavy (non-hydrogen) atoms. The predicted octanol–water partition coefficient (Wildman–Crippen LogP) is 5.27. The van der Waals surface area contributed by atoms with Gasteiger partial charge in [0.15, 0.2) is 0 Å². The van der Waals surface area contributed by atoms with Crippen molar-refractivity contribution in [2.45, 2.75) is 38.9 Å². The van der Waals surface area contributed by atoms with Gasteiger partial charge >= 0.3 is 12.2 Å². The molecule has 0 fully saturated rings. The molecule has 0 saturated carbocycles. The van der Waals surface area contributed by atoms with E-state index in [0.29, 0.717) is 10.4 Å². The zero-order chi connectivity index (χ0) is 19.9. The number of benzene rings is 1. The van der Waals surface area contributed by atoms with E-state index in [1.807, 2.05) is 0 Å². The molecule has 142 valence electrons. The van der Waals surface area contributed by atoms with Crippen molar-refractivity contribution in [3.63, 3.8) is 0 Å². The van der Waals surface area contributed by atoms with Crippen molar-refractivity contribution in [1.29, 1.82) is 0 Å². The molecule has 2 N–H and O–H groups in total. The molecule has 2 rings (SSSR count). The van der Waals surface area contributed by atoms with E-state index < -0.39 is 24.2 Å². The summed E-state index contributed by atoms with van der Waals surface area (Å²) in [6.45, 7) is 3.98. The number of urea groups is 1. The van der Waals surface area contributed by atoms with Gasteiger partial charge in [0.25, 0.3) is 0 Å². The Morgan fingerprint density at radius 1 is 1.27 bits per heavy atom. The first-order chi connectivity index (χ1) is 11.8. The van der Waals surface area contributed by atoms with Gasteiger partial charge in [-0.2, -0.15) is 18.3 Å². The van der Waals surface area contributed by atoms with Crippen LogP contribution >= 0.6 is 23.2 Å². The van der Waals surface area contributed by atoms with E-state index in [9.17, 15) is 18.0 Å². The van der Waals surface area contributed by atoms with Crippen LogP contribution in [0.4, 0.5) is 29.5 Å². The SMILES string of the molecule is CC(C)(C)c1cc(N(C(N)=O)c2cccc(Cl)c2Cl)n(CC(F)(F)F)n1. The standard InChI is InChI=1S/C16H17Cl2F3N4O/c1-15(2,3)11-7-12(24(23-11)8-16(19,20)21)25(14(22)26)10-6-4-5-9(17)13(10)18/h4-7H,8H2,1-3H3,(H2,22,26). The van der Waals surface area contributed by atoms with E-state index in [1.165, 1.54) is 24.3 Å². The van der Waals surface area contributed by atoms with Crippen LogP contribution in [0.3, 0.4) is 0 Å². The molecule has 0 spiro atoms. The summed E-state index contributed by atoms with van der Waals surface area (Å²) in [5, 5.41) is 4.14. The highest BCUT2D eigenvalue weighted by molar-refractivity contribution is 6.44. The van der Waals surface area contributed by atoms with Crippen LogP contribution in [-0.4, -0.2) is 22.0 Å². The first-order valence-electron chi connectivity index (χ1n) is 7.50. The van der Waals surface area contributed by atoms with E-state index in [2.05, 4.69) is 5.10 Å². The number of rotatable bonds is 3. The van der Waals surface area contributed by atoms with Crippen molar-refractivity contribution in [2.24, 2.45) is 5.73 Å². The third kappa shape index (κ3) is 4.42. The van der Waals surface area contributed by atoms with Crippen LogP contribution < -0.4 is 10.6 Å². The maximum absolute atomic E-state index is 13.0. The summed E-state index contributed by atoms with van der Waals surface area (Å²) >= 11 is 12.1. The van der Waals surface area contributed by atoms with Crippen LogP contribution in [0.25, 0.3) is 0 Å². The molecule has 0 bridgehead atoms. The van der Waals surface area contributed by atoms with Crippen LogP contribution in [0.15, 0.2) is 24.3 Å². The number of carbonyl (C=O) groups is 1. The summed E-state index contributed by atoms with van der Waals surface area (Å²) in [5.74, 6) is -0.149. The fourth-order valence-electron chi connectivity index (χ4n) is 2.26. The van der Waals surface area contributed by atoms with E-state index in [0.717, 1.165) is 4.90 Å². The third-order valence-electron chi connectivity index (χ3n) is 3.48. The Bertz CT molecular complexity index is 828. The first kappa shape index (κ1) is 20.4. The Morgan fingerprint density at radius 2 is 1.88 bits per heavy atom. The Labute approximate surface area is 158 Å². The molecule has 1 heterocycles. The molecule has 0 unspecified atom stereocenters. The first-order valence-corrected chi connectivity index (χ1v) is 8.25. The molecule has 0 aliphatic heterocycles. The molecular weight excluding hydrogens is 392 g/mol. The van der Waals surface area contributed by atoms with Crippen molar-refractivity contribution < 1.29 is 18.0 Å². The van der Waals surface area contributed by atoms with E-state index in [1.54, 1.807) is 20.8 Å². The molecule has 1 aromatic carbocycles. The fraction of sp³-hybridized carbons (Fsp3) is 0.375. The van der Waals surface area contributed by atoms with Gasteiger partial charge in [-0.1, -0.05) is 50.0 Å². The topological polar surface area (TPSA) is 64.2 Å². The van der Waals surface area contributed by atoms with Crippen molar-refractivity contribution in [3.05, 3.63) is 40.0 Å². The Morgan fingerprint density at radius 3 is 2.38 bits per heavy atom. The molecule has 10 heteroatoms. The fourth-order valence-corrected chi connectivity index (χ4v) is 2.64. The summed E-state index contributed by atoms with van der Waals surface area (Å²) < 4.78 is 39.7. The highest BCUT2D eigenvalue weighted by Gasteiger charge is 2.34. The van der Waals surface area contributed by atoms with E-state index in [4.69, 9.17) is 28.9 Å². The van der Waals surface area contributed by atoms with Crippen molar-refractivity contribution >= 4 is 40.7 Å². The number of anilines is 2. The van der Waals surface area contributed by atoms with Gasteiger partial charge in [-0.25, -0.2) is 14.4 Å². The van der Waals surface area contributed by atoms with E-state index in [-0.39, 0.29) is 21.6 Å². The molecule has 0 aliphatic carbocycles.